The van der Waals surface area contributed by atoms with E-state index in [0.717, 1.165) is 53.4 Å². The van der Waals surface area contributed by atoms with Crippen molar-refractivity contribution in [2.45, 2.75) is 71.0 Å². The number of hydrogen-bond acceptors (Lipinski definition) is 4. The molecule has 0 saturated heterocycles. The molecule has 0 radical (unpaired) electrons. The van der Waals surface area contributed by atoms with Crippen molar-refractivity contribution in [2.24, 2.45) is 11.5 Å². The first-order chi connectivity index (χ1) is 15.1. The molecule has 33 heavy (non-hydrogen) atoms. The molecule has 0 unspecified atom stereocenters. The summed E-state index contributed by atoms with van der Waals surface area (Å²) in [4.78, 5) is 0. The van der Waals surface area contributed by atoms with Crippen molar-refractivity contribution >= 4 is 63.7 Å². The van der Waals surface area contributed by atoms with Crippen LogP contribution in [0.5, 0.6) is 11.5 Å². The first-order valence-corrected chi connectivity index (χ1v) is 14.1. The molecule has 4 nitrogen and oxygen atoms in total. The van der Waals surface area contributed by atoms with Crippen LogP contribution in [-0.4, -0.2) is 24.3 Å². The third-order valence-electron chi connectivity index (χ3n) is 5.69. The number of nitrogens with two attached hydrogens (primary N) is 2. The zero-order valence-corrected chi connectivity index (χ0v) is 26.5. The van der Waals surface area contributed by atoms with Crippen molar-refractivity contribution in [3.05, 3.63) is 53.3 Å². The Labute approximate surface area is 232 Å². The minimum absolute atomic E-state index is 0.285. The Hall–Kier alpha value is -0.120. The zero-order chi connectivity index (χ0) is 25.2. The van der Waals surface area contributed by atoms with Crippen LogP contribution in [0.1, 0.15) is 65.5 Å². The van der Waals surface area contributed by atoms with Crippen molar-refractivity contribution in [1.29, 1.82) is 0 Å². The van der Waals surface area contributed by atoms with Gasteiger partial charge in [0.05, 0.1) is 17.9 Å². The van der Waals surface area contributed by atoms with E-state index in [9.17, 15) is 0 Å². The fraction of sp³-hybridized carbons (Fsp3) is 0.520. The third-order valence-corrected chi connectivity index (χ3v) is 8.05. The van der Waals surface area contributed by atoms with Gasteiger partial charge in [0.25, 0.3) is 0 Å². The zero-order valence-electron chi connectivity index (χ0n) is 20.1. The quantitative estimate of drug-likeness (QED) is 0.261. The van der Waals surface area contributed by atoms with E-state index in [1.807, 2.05) is 27.7 Å². The Morgan fingerprint density at radius 3 is 1.12 bits per heavy atom. The summed E-state index contributed by atoms with van der Waals surface area (Å²) >= 11 is 14.9. The molecule has 0 saturated carbocycles. The van der Waals surface area contributed by atoms with Crippen LogP contribution in [0.15, 0.2) is 42.2 Å². The lowest BCUT2D eigenvalue weighted by atomic mass is 9.78. The highest BCUT2D eigenvalue weighted by Gasteiger charge is 2.30. The van der Waals surface area contributed by atoms with Gasteiger partial charge in [-0.25, -0.2) is 0 Å². The maximum atomic E-state index is 6.28. The molecule has 0 aliphatic rings. The molecule has 0 aliphatic heterocycles. The highest BCUT2D eigenvalue weighted by Crippen LogP contribution is 2.45. The van der Waals surface area contributed by atoms with Gasteiger partial charge in [-0.15, -0.1) is 0 Å². The molecule has 0 aromatic heterocycles. The SMILES string of the molecule is CC(C)(CCN)Oc1c(Br)cc(C(C)(C)c2cc(Br)c(OC(C)(C)CCN)c(Br)c2)cc1Br. The largest absolute Gasteiger partial charge is 0.485 e. The van der Waals surface area contributed by atoms with E-state index < -0.39 is 0 Å². The van der Waals surface area contributed by atoms with Gasteiger partial charge in [-0.2, -0.15) is 0 Å². The number of hydrogen-bond donors (Lipinski definition) is 2. The minimum Gasteiger partial charge on any atom is -0.485 e. The van der Waals surface area contributed by atoms with E-state index >= 15 is 0 Å². The first-order valence-electron chi connectivity index (χ1n) is 10.9. The first kappa shape index (κ1) is 29.1. The smallest absolute Gasteiger partial charge is 0.148 e. The summed E-state index contributed by atoms with van der Waals surface area (Å²) in [6, 6.07) is 8.48. The molecule has 0 aliphatic carbocycles. The van der Waals surface area contributed by atoms with Gasteiger partial charge >= 0.3 is 0 Å². The van der Waals surface area contributed by atoms with Gasteiger partial charge < -0.3 is 20.9 Å². The van der Waals surface area contributed by atoms with Crippen LogP contribution in [0, 0.1) is 0 Å². The molecule has 0 spiro atoms. The standard InChI is InChI=1S/C25H34Br4N2O2/c1-23(2,7-9-30)32-21-17(26)11-15(12-18(21)27)25(5,6)16-13-19(28)22(20(29)14-16)33-24(3,4)8-10-31/h11-14H,7-10,30-31H2,1-6H3. The number of ether oxygens (including phenoxy) is 2. The van der Waals surface area contributed by atoms with Gasteiger partial charge in [0.1, 0.15) is 22.7 Å². The fourth-order valence-corrected chi connectivity index (χ4v) is 6.25. The second-order valence-corrected chi connectivity index (χ2v) is 13.4. The molecule has 0 fully saturated rings. The summed E-state index contributed by atoms with van der Waals surface area (Å²) in [5.41, 5.74) is 12.8. The molecule has 0 amide bonds. The van der Waals surface area contributed by atoms with Crippen molar-refractivity contribution in [3.63, 3.8) is 0 Å². The maximum Gasteiger partial charge on any atom is 0.148 e. The number of benzene rings is 2. The molecule has 4 N–H and O–H groups in total. The summed E-state index contributed by atoms with van der Waals surface area (Å²) in [5, 5.41) is 0. The summed E-state index contributed by atoms with van der Waals surface area (Å²) in [5.74, 6) is 1.56. The summed E-state index contributed by atoms with van der Waals surface area (Å²) in [6.45, 7) is 13.7. The van der Waals surface area contributed by atoms with E-state index in [4.69, 9.17) is 20.9 Å². The molecule has 8 heteroatoms. The molecular formula is C25H34Br4N2O2. The van der Waals surface area contributed by atoms with Crippen LogP contribution in [0.25, 0.3) is 0 Å². The molecule has 0 atom stereocenters. The molecular weight excluding hydrogens is 680 g/mol. The average Bonchev–Trinajstić information content (AvgIpc) is 2.67. The van der Waals surface area contributed by atoms with Gasteiger partial charge in [0.15, 0.2) is 0 Å². The van der Waals surface area contributed by atoms with Crippen molar-refractivity contribution in [3.8, 4) is 11.5 Å². The van der Waals surface area contributed by atoms with Crippen LogP contribution in [-0.2, 0) is 5.41 Å². The minimum atomic E-state index is -0.361. The highest BCUT2D eigenvalue weighted by atomic mass is 79.9. The molecule has 2 aromatic carbocycles. The fourth-order valence-electron chi connectivity index (χ4n) is 3.55. The second kappa shape index (κ2) is 11.3. The Morgan fingerprint density at radius 1 is 0.606 bits per heavy atom. The van der Waals surface area contributed by atoms with Gasteiger partial charge in [0, 0.05) is 5.41 Å². The molecule has 184 valence electrons. The average molecular weight is 714 g/mol. The summed E-state index contributed by atoms with van der Waals surface area (Å²) < 4.78 is 16.1. The molecule has 0 bridgehead atoms. The van der Waals surface area contributed by atoms with Crippen molar-refractivity contribution < 1.29 is 9.47 Å². The van der Waals surface area contributed by atoms with Gasteiger partial charge in [-0.3, -0.25) is 0 Å². The molecule has 0 heterocycles. The lowest BCUT2D eigenvalue weighted by molar-refractivity contribution is 0.0998. The summed E-state index contributed by atoms with van der Waals surface area (Å²) in [6.07, 6.45) is 1.52. The Morgan fingerprint density at radius 2 is 0.879 bits per heavy atom. The van der Waals surface area contributed by atoms with Crippen molar-refractivity contribution in [1.82, 2.24) is 0 Å². The van der Waals surface area contributed by atoms with Crippen LogP contribution < -0.4 is 20.9 Å². The Kier molecular flexibility index (Phi) is 9.96. The van der Waals surface area contributed by atoms with E-state index in [1.54, 1.807) is 0 Å². The Bertz CT molecular complexity index is 867. The molecule has 2 aromatic rings. The number of halogens is 4. The lowest BCUT2D eigenvalue weighted by Gasteiger charge is -2.31. The Balaban J connectivity index is 2.44. The highest BCUT2D eigenvalue weighted by molar-refractivity contribution is 9.11. The van der Waals surface area contributed by atoms with Crippen molar-refractivity contribution in [2.75, 3.05) is 13.1 Å². The van der Waals surface area contributed by atoms with E-state index in [-0.39, 0.29) is 16.6 Å². The predicted molar refractivity (Wildman–Crippen MR) is 153 cm³/mol. The van der Waals surface area contributed by atoms with Crippen LogP contribution in [0.4, 0.5) is 0 Å². The van der Waals surface area contributed by atoms with Crippen LogP contribution in [0.3, 0.4) is 0 Å². The van der Waals surface area contributed by atoms with Crippen LogP contribution >= 0.6 is 63.7 Å². The van der Waals surface area contributed by atoms with Gasteiger partial charge in [0.2, 0.25) is 0 Å². The normalized spacial score (nSPS) is 12.7. The topological polar surface area (TPSA) is 70.5 Å². The second-order valence-electron chi connectivity index (χ2n) is 9.96. The lowest BCUT2D eigenvalue weighted by Crippen LogP contribution is -2.31. The third kappa shape index (κ3) is 7.43. The van der Waals surface area contributed by atoms with E-state index in [1.165, 1.54) is 0 Å². The van der Waals surface area contributed by atoms with Gasteiger partial charge in [-0.05, 0) is 153 Å². The van der Waals surface area contributed by atoms with Crippen LogP contribution in [0.2, 0.25) is 0 Å². The predicted octanol–water partition coefficient (Wildman–Crippen LogP) is 8.07. The monoisotopic (exact) mass is 710 g/mol. The van der Waals surface area contributed by atoms with E-state index in [0.29, 0.717) is 13.1 Å². The van der Waals surface area contributed by atoms with Gasteiger partial charge in [-0.1, -0.05) is 13.8 Å². The summed E-state index contributed by atoms with van der Waals surface area (Å²) in [7, 11) is 0. The molecule has 2 rings (SSSR count). The van der Waals surface area contributed by atoms with E-state index in [2.05, 4.69) is 102 Å². The number of rotatable bonds is 10. The maximum absolute atomic E-state index is 6.28.